The maximum atomic E-state index is 4.70. The lowest BCUT2D eigenvalue weighted by Gasteiger charge is -2.23. The van der Waals surface area contributed by atoms with Crippen LogP contribution in [0.5, 0.6) is 0 Å². The highest BCUT2D eigenvalue weighted by Crippen LogP contribution is 2.18. The van der Waals surface area contributed by atoms with Crippen molar-refractivity contribution in [1.82, 2.24) is 24.6 Å². The molecule has 0 saturated carbocycles. The summed E-state index contributed by atoms with van der Waals surface area (Å²) < 4.78 is 2.05. The zero-order chi connectivity index (χ0) is 16.9. The van der Waals surface area contributed by atoms with Gasteiger partial charge in [-0.2, -0.15) is 5.10 Å². The number of rotatable bonds is 5. The van der Waals surface area contributed by atoms with Crippen LogP contribution >= 0.6 is 0 Å². The van der Waals surface area contributed by atoms with Gasteiger partial charge in [-0.25, -0.2) is 4.98 Å². The number of aryl methyl sites for hydroxylation is 3. The van der Waals surface area contributed by atoms with Gasteiger partial charge in [0.25, 0.3) is 0 Å². The Morgan fingerprint density at radius 2 is 1.96 bits per heavy atom. The van der Waals surface area contributed by atoms with E-state index < -0.39 is 0 Å². The van der Waals surface area contributed by atoms with Crippen molar-refractivity contribution >= 4 is 5.82 Å². The monoisotopic (exact) mass is 328 g/mol. The lowest BCUT2D eigenvalue weighted by atomic mass is 10.3. The Morgan fingerprint density at radius 3 is 2.79 bits per heavy atom. The molecular formula is C18H28N6. The maximum absolute atomic E-state index is 4.70. The first kappa shape index (κ1) is 16.9. The summed E-state index contributed by atoms with van der Waals surface area (Å²) in [4.78, 5) is 14.1. The molecule has 0 radical (unpaired) electrons. The third-order valence-electron chi connectivity index (χ3n) is 4.48. The molecule has 130 valence electrons. The van der Waals surface area contributed by atoms with Crippen molar-refractivity contribution in [3.63, 3.8) is 0 Å². The summed E-state index contributed by atoms with van der Waals surface area (Å²) in [6.45, 7) is 12.4. The van der Waals surface area contributed by atoms with E-state index in [4.69, 9.17) is 4.98 Å². The Morgan fingerprint density at radius 1 is 1.08 bits per heavy atom. The standard InChI is InChI=1S/C18H28N6/c1-4-6-24-14-17(12-20-24)13-22-7-5-8-23(10-9-22)18-16(3)19-11-15(2)21-18/h11-12,14H,4-10,13H2,1-3H3. The number of aromatic nitrogens is 4. The second kappa shape index (κ2) is 7.75. The second-order valence-electron chi connectivity index (χ2n) is 6.65. The summed E-state index contributed by atoms with van der Waals surface area (Å²) in [5, 5.41) is 4.44. The van der Waals surface area contributed by atoms with Crippen molar-refractivity contribution in [3.05, 3.63) is 35.5 Å². The molecule has 0 bridgehead atoms. The van der Waals surface area contributed by atoms with E-state index in [0.717, 1.165) is 69.3 Å². The van der Waals surface area contributed by atoms with E-state index in [2.05, 4.69) is 33.0 Å². The first-order valence-electron chi connectivity index (χ1n) is 8.94. The molecule has 1 fully saturated rings. The molecule has 1 aliphatic heterocycles. The van der Waals surface area contributed by atoms with Gasteiger partial charge < -0.3 is 4.90 Å². The van der Waals surface area contributed by atoms with Gasteiger partial charge in [-0.05, 0) is 26.7 Å². The fraction of sp³-hybridized carbons (Fsp3) is 0.611. The first-order valence-corrected chi connectivity index (χ1v) is 8.94. The molecule has 2 aromatic heterocycles. The SMILES string of the molecule is CCCn1cc(CN2CCCN(c3nc(C)cnc3C)CC2)cn1. The lowest BCUT2D eigenvalue weighted by Crippen LogP contribution is -2.31. The molecule has 0 aromatic carbocycles. The second-order valence-corrected chi connectivity index (χ2v) is 6.65. The van der Waals surface area contributed by atoms with Gasteiger partial charge in [0.1, 0.15) is 5.82 Å². The Labute approximate surface area is 144 Å². The lowest BCUT2D eigenvalue weighted by molar-refractivity contribution is 0.285. The Kier molecular flexibility index (Phi) is 5.45. The van der Waals surface area contributed by atoms with E-state index in [1.54, 1.807) is 0 Å². The Bertz CT molecular complexity index is 665. The van der Waals surface area contributed by atoms with Gasteiger partial charge >= 0.3 is 0 Å². The molecule has 3 rings (SSSR count). The Balaban J connectivity index is 1.61. The predicted molar refractivity (Wildman–Crippen MR) is 96.1 cm³/mol. The van der Waals surface area contributed by atoms with Gasteiger partial charge in [-0.15, -0.1) is 0 Å². The molecule has 0 amide bonds. The molecular weight excluding hydrogens is 300 g/mol. The van der Waals surface area contributed by atoms with Crippen LogP contribution in [0.3, 0.4) is 0 Å². The normalized spacial score (nSPS) is 16.4. The number of hydrogen-bond acceptors (Lipinski definition) is 5. The topological polar surface area (TPSA) is 50.1 Å². The third kappa shape index (κ3) is 4.12. The number of anilines is 1. The number of nitrogens with zero attached hydrogens (tertiary/aromatic N) is 6. The summed E-state index contributed by atoms with van der Waals surface area (Å²) >= 11 is 0. The van der Waals surface area contributed by atoms with E-state index in [-0.39, 0.29) is 0 Å². The third-order valence-corrected chi connectivity index (χ3v) is 4.48. The molecule has 0 spiro atoms. The minimum Gasteiger partial charge on any atom is -0.354 e. The molecule has 1 saturated heterocycles. The molecule has 0 unspecified atom stereocenters. The van der Waals surface area contributed by atoms with Crippen LogP contribution in [0.4, 0.5) is 5.82 Å². The van der Waals surface area contributed by atoms with Crippen LogP contribution in [0.25, 0.3) is 0 Å². The van der Waals surface area contributed by atoms with Crippen molar-refractivity contribution < 1.29 is 0 Å². The number of hydrogen-bond donors (Lipinski definition) is 0. The van der Waals surface area contributed by atoms with Crippen LogP contribution in [0.15, 0.2) is 18.6 Å². The summed E-state index contributed by atoms with van der Waals surface area (Å²) in [5.74, 6) is 1.05. The molecule has 6 nitrogen and oxygen atoms in total. The highest BCUT2D eigenvalue weighted by Gasteiger charge is 2.18. The zero-order valence-electron chi connectivity index (χ0n) is 15.1. The van der Waals surface area contributed by atoms with Crippen molar-refractivity contribution in [3.8, 4) is 0 Å². The Hall–Kier alpha value is -1.95. The molecule has 0 aliphatic carbocycles. The summed E-state index contributed by atoms with van der Waals surface area (Å²) in [6.07, 6.45) is 8.31. The fourth-order valence-electron chi connectivity index (χ4n) is 3.26. The molecule has 0 atom stereocenters. The van der Waals surface area contributed by atoms with Gasteiger partial charge in [0.05, 0.1) is 17.6 Å². The highest BCUT2D eigenvalue weighted by atomic mass is 15.3. The van der Waals surface area contributed by atoms with Gasteiger partial charge in [0.15, 0.2) is 0 Å². The van der Waals surface area contributed by atoms with Gasteiger partial charge in [-0.1, -0.05) is 6.92 Å². The zero-order valence-corrected chi connectivity index (χ0v) is 15.1. The van der Waals surface area contributed by atoms with Crippen LogP contribution in [0, 0.1) is 13.8 Å². The van der Waals surface area contributed by atoms with Crippen LogP contribution in [0.2, 0.25) is 0 Å². The van der Waals surface area contributed by atoms with Crippen molar-refractivity contribution in [1.29, 1.82) is 0 Å². The molecule has 24 heavy (non-hydrogen) atoms. The van der Waals surface area contributed by atoms with E-state index >= 15 is 0 Å². The average Bonchev–Trinajstić information content (AvgIpc) is 2.87. The average molecular weight is 328 g/mol. The van der Waals surface area contributed by atoms with Gasteiger partial charge in [0, 0.05) is 57.2 Å². The van der Waals surface area contributed by atoms with E-state index in [0.29, 0.717) is 0 Å². The fourth-order valence-corrected chi connectivity index (χ4v) is 3.26. The summed E-state index contributed by atoms with van der Waals surface area (Å²) in [6, 6.07) is 0. The van der Waals surface area contributed by atoms with Crippen LogP contribution in [-0.4, -0.2) is 50.8 Å². The quantitative estimate of drug-likeness (QED) is 0.843. The van der Waals surface area contributed by atoms with E-state index in [9.17, 15) is 0 Å². The first-order chi connectivity index (χ1) is 11.7. The van der Waals surface area contributed by atoms with Crippen LogP contribution in [-0.2, 0) is 13.1 Å². The van der Waals surface area contributed by atoms with Crippen molar-refractivity contribution in [2.24, 2.45) is 0 Å². The van der Waals surface area contributed by atoms with E-state index in [1.165, 1.54) is 5.56 Å². The largest absolute Gasteiger partial charge is 0.354 e. The van der Waals surface area contributed by atoms with Crippen LogP contribution in [0.1, 0.15) is 36.7 Å². The van der Waals surface area contributed by atoms with Crippen LogP contribution < -0.4 is 4.90 Å². The summed E-state index contributed by atoms with van der Waals surface area (Å²) in [5.41, 5.74) is 3.32. The van der Waals surface area contributed by atoms with Gasteiger partial charge in [-0.3, -0.25) is 14.6 Å². The van der Waals surface area contributed by atoms with Gasteiger partial charge in [0.2, 0.25) is 0 Å². The van der Waals surface area contributed by atoms with Crippen molar-refractivity contribution in [2.75, 3.05) is 31.1 Å². The van der Waals surface area contributed by atoms with Crippen molar-refractivity contribution in [2.45, 2.75) is 46.7 Å². The molecule has 1 aliphatic rings. The molecule has 0 N–H and O–H groups in total. The molecule has 2 aromatic rings. The maximum Gasteiger partial charge on any atom is 0.150 e. The molecule has 3 heterocycles. The minimum absolute atomic E-state index is 0.982. The minimum atomic E-state index is 0.982. The molecule has 6 heteroatoms. The van der Waals surface area contributed by atoms with E-state index in [1.807, 2.05) is 30.9 Å². The summed E-state index contributed by atoms with van der Waals surface area (Å²) in [7, 11) is 0. The highest BCUT2D eigenvalue weighted by molar-refractivity contribution is 5.43. The predicted octanol–water partition coefficient (Wildman–Crippen LogP) is 2.41. The smallest absolute Gasteiger partial charge is 0.150 e.